The number of benzene rings is 2. The smallest absolute Gasteiger partial charge is 0.338 e. The summed E-state index contributed by atoms with van der Waals surface area (Å²) >= 11 is 0. The van der Waals surface area contributed by atoms with Gasteiger partial charge in [0.05, 0.1) is 5.56 Å². The fourth-order valence-corrected chi connectivity index (χ4v) is 3.27. The molecular weight excluding hydrogens is 371 g/mol. The summed E-state index contributed by atoms with van der Waals surface area (Å²) in [7, 11) is 0. The molecule has 1 fully saturated rings. The highest BCUT2D eigenvalue weighted by Gasteiger charge is 2.22. The van der Waals surface area contributed by atoms with Crippen LogP contribution in [0.1, 0.15) is 36.7 Å². The van der Waals surface area contributed by atoms with E-state index in [1.807, 2.05) is 12.1 Å². The van der Waals surface area contributed by atoms with Crippen LogP contribution in [0.15, 0.2) is 48.5 Å². The van der Waals surface area contributed by atoms with Crippen LogP contribution in [-0.2, 0) is 14.9 Å². The minimum absolute atomic E-state index is 0.00839. The summed E-state index contributed by atoms with van der Waals surface area (Å²) in [5, 5.41) is 0. The summed E-state index contributed by atoms with van der Waals surface area (Å²) < 4.78 is 18.3. The molecule has 0 bridgehead atoms. The standard InChI is InChI=1S/C23H27FN2O3/c1-23(2,3)18-6-4-17(5-7-18)22(28)29-16-21(27)26-14-12-25(13-15-26)20-10-8-19(24)9-11-20/h4-11H,12-16H2,1-3H3. The normalized spacial score (nSPS) is 14.6. The van der Waals surface area contributed by atoms with Gasteiger partial charge in [-0.05, 0) is 47.4 Å². The van der Waals surface area contributed by atoms with Crippen LogP contribution < -0.4 is 4.90 Å². The van der Waals surface area contributed by atoms with Gasteiger partial charge in [-0.15, -0.1) is 0 Å². The first kappa shape index (κ1) is 20.8. The molecule has 1 saturated heterocycles. The van der Waals surface area contributed by atoms with E-state index < -0.39 is 5.97 Å². The number of piperazine rings is 1. The average Bonchev–Trinajstić information content (AvgIpc) is 2.72. The Bertz CT molecular complexity index is 849. The van der Waals surface area contributed by atoms with Gasteiger partial charge in [0, 0.05) is 31.9 Å². The number of ether oxygens (including phenoxy) is 1. The van der Waals surface area contributed by atoms with E-state index in [9.17, 15) is 14.0 Å². The Morgan fingerprint density at radius 2 is 1.52 bits per heavy atom. The fourth-order valence-electron chi connectivity index (χ4n) is 3.27. The Labute approximate surface area is 171 Å². The molecule has 0 atom stereocenters. The first-order chi connectivity index (χ1) is 13.7. The minimum atomic E-state index is -0.497. The minimum Gasteiger partial charge on any atom is -0.452 e. The van der Waals surface area contributed by atoms with Crippen molar-refractivity contribution in [2.45, 2.75) is 26.2 Å². The second-order valence-electron chi connectivity index (χ2n) is 8.25. The predicted molar refractivity (Wildman–Crippen MR) is 111 cm³/mol. The molecule has 0 aromatic heterocycles. The third-order valence-electron chi connectivity index (χ3n) is 5.14. The molecule has 0 radical (unpaired) electrons. The van der Waals surface area contributed by atoms with Crippen molar-refractivity contribution in [2.24, 2.45) is 0 Å². The third kappa shape index (κ3) is 5.34. The molecule has 2 aromatic rings. The van der Waals surface area contributed by atoms with E-state index in [2.05, 4.69) is 25.7 Å². The number of carbonyl (C=O) groups is 2. The molecule has 0 N–H and O–H groups in total. The zero-order chi connectivity index (χ0) is 21.0. The van der Waals surface area contributed by atoms with Crippen molar-refractivity contribution in [1.29, 1.82) is 0 Å². The number of rotatable bonds is 4. The molecule has 0 aliphatic carbocycles. The SMILES string of the molecule is CC(C)(C)c1ccc(C(=O)OCC(=O)N2CCN(c3ccc(F)cc3)CC2)cc1. The monoisotopic (exact) mass is 398 g/mol. The maximum Gasteiger partial charge on any atom is 0.338 e. The van der Waals surface area contributed by atoms with Crippen LogP contribution in [0.25, 0.3) is 0 Å². The molecule has 3 rings (SSSR count). The largest absolute Gasteiger partial charge is 0.452 e. The quantitative estimate of drug-likeness (QED) is 0.738. The molecule has 1 amide bonds. The lowest BCUT2D eigenvalue weighted by atomic mass is 9.87. The number of hydrogen-bond acceptors (Lipinski definition) is 4. The molecule has 154 valence electrons. The number of halogens is 1. The van der Waals surface area contributed by atoms with E-state index >= 15 is 0 Å². The van der Waals surface area contributed by atoms with Crippen molar-refractivity contribution in [1.82, 2.24) is 4.90 Å². The summed E-state index contributed by atoms with van der Waals surface area (Å²) in [6.07, 6.45) is 0. The first-order valence-corrected chi connectivity index (χ1v) is 9.80. The second kappa shape index (κ2) is 8.64. The Morgan fingerprint density at radius 3 is 2.07 bits per heavy atom. The summed E-state index contributed by atoms with van der Waals surface area (Å²) in [5.74, 6) is -0.968. The van der Waals surface area contributed by atoms with Crippen LogP contribution in [-0.4, -0.2) is 49.6 Å². The first-order valence-electron chi connectivity index (χ1n) is 9.80. The Hall–Kier alpha value is -2.89. The van der Waals surface area contributed by atoms with Crippen molar-refractivity contribution < 1.29 is 18.7 Å². The zero-order valence-electron chi connectivity index (χ0n) is 17.2. The van der Waals surface area contributed by atoms with E-state index in [4.69, 9.17) is 4.74 Å². The highest BCUT2D eigenvalue weighted by Crippen LogP contribution is 2.22. The fraction of sp³-hybridized carbons (Fsp3) is 0.391. The Morgan fingerprint density at radius 1 is 0.931 bits per heavy atom. The maximum atomic E-state index is 13.1. The lowest BCUT2D eigenvalue weighted by Gasteiger charge is -2.36. The van der Waals surface area contributed by atoms with Gasteiger partial charge in [-0.25, -0.2) is 9.18 Å². The van der Waals surface area contributed by atoms with Crippen molar-refractivity contribution in [3.8, 4) is 0 Å². The summed E-state index contributed by atoms with van der Waals surface area (Å²) in [6.45, 7) is 8.43. The van der Waals surface area contributed by atoms with Crippen LogP contribution >= 0.6 is 0 Å². The van der Waals surface area contributed by atoms with Gasteiger partial charge in [-0.3, -0.25) is 4.79 Å². The maximum absolute atomic E-state index is 13.1. The number of amides is 1. The predicted octanol–water partition coefficient (Wildman–Crippen LogP) is 3.63. The van der Waals surface area contributed by atoms with Gasteiger partial charge in [-0.2, -0.15) is 0 Å². The van der Waals surface area contributed by atoms with Crippen LogP contribution in [0.5, 0.6) is 0 Å². The second-order valence-corrected chi connectivity index (χ2v) is 8.25. The summed E-state index contributed by atoms with van der Waals surface area (Å²) in [5.41, 5.74) is 2.51. The molecule has 1 aliphatic rings. The molecule has 1 aliphatic heterocycles. The number of esters is 1. The van der Waals surface area contributed by atoms with Gasteiger partial charge in [0.25, 0.3) is 5.91 Å². The van der Waals surface area contributed by atoms with Crippen LogP contribution in [0.4, 0.5) is 10.1 Å². The molecule has 0 saturated carbocycles. The molecular formula is C23H27FN2O3. The van der Waals surface area contributed by atoms with Gasteiger partial charge in [-0.1, -0.05) is 32.9 Å². The lowest BCUT2D eigenvalue weighted by Crippen LogP contribution is -2.49. The van der Waals surface area contributed by atoms with Gasteiger partial charge in [0.15, 0.2) is 6.61 Å². The lowest BCUT2D eigenvalue weighted by molar-refractivity contribution is -0.134. The number of nitrogens with zero attached hydrogens (tertiary/aromatic N) is 2. The molecule has 29 heavy (non-hydrogen) atoms. The van der Waals surface area contributed by atoms with Gasteiger partial charge in [0.2, 0.25) is 0 Å². The van der Waals surface area contributed by atoms with E-state index in [0.717, 1.165) is 11.3 Å². The average molecular weight is 398 g/mol. The van der Waals surface area contributed by atoms with Gasteiger partial charge < -0.3 is 14.5 Å². The van der Waals surface area contributed by atoms with Crippen LogP contribution in [0.2, 0.25) is 0 Å². The van der Waals surface area contributed by atoms with Crippen LogP contribution in [0, 0.1) is 5.82 Å². The topological polar surface area (TPSA) is 49.9 Å². The third-order valence-corrected chi connectivity index (χ3v) is 5.14. The Balaban J connectivity index is 1.47. The molecule has 1 heterocycles. The molecule has 0 unspecified atom stereocenters. The molecule has 0 spiro atoms. The van der Waals surface area contributed by atoms with Crippen molar-refractivity contribution >= 4 is 17.6 Å². The molecule has 6 heteroatoms. The van der Waals surface area contributed by atoms with E-state index in [0.29, 0.717) is 31.7 Å². The van der Waals surface area contributed by atoms with Crippen molar-refractivity contribution in [3.05, 3.63) is 65.5 Å². The summed E-state index contributed by atoms with van der Waals surface area (Å²) in [6, 6.07) is 13.6. The van der Waals surface area contributed by atoms with Gasteiger partial charge in [0.1, 0.15) is 5.82 Å². The number of anilines is 1. The molecule has 5 nitrogen and oxygen atoms in total. The van der Waals surface area contributed by atoms with Crippen molar-refractivity contribution in [3.63, 3.8) is 0 Å². The zero-order valence-corrected chi connectivity index (χ0v) is 17.2. The van der Waals surface area contributed by atoms with E-state index in [1.165, 1.54) is 12.1 Å². The van der Waals surface area contributed by atoms with Crippen LogP contribution in [0.3, 0.4) is 0 Å². The molecule has 2 aromatic carbocycles. The highest BCUT2D eigenvalue weighted by molar-refractivity contribution is 5.91. The van der Waals surface area contributed by atoms with Crippen molar-refractivity contribution in [2.75, 3.05) is 37.7 Å². The summed E-state index contributed by atoms with van der Waals surface area (Å²) in [4.78, 5) is 28.4. The number of hydrogen-bond donors (Lipinski definition) is 0. The Kier molecular flexibility index (Phi) is 6.20. The van der Waals surface area contributed by atoms with E-state index in [1.54, 1.807) is 29.2 Å². The van der Waals surface area contributed by atoms with E-state index in [-0.39, 0.29) is 23.7 Å². The highest BCUT2D eigenvalue weighted by atomic mass is 19.1. The van der Waals surface area contributed by atoms with Gasteiger partial charge >= 0.3 is 5.97 Å². The number of carbonyl (C=O) groups excluding carboxylic acids is 2.